The summed E-state index contributed by atoms with van der Waals surface area (Å²) in [6, 6.07) is 8.31. The SMILES string of the molecule is CCN(Cc1cccs1)Cc1cccc([N+](=O)[O-])c1F. The van der Waals surface area contributed by atoms with Crippen LogP contribution in [0.15, 0.2) is 35.7 Å². The minimum atomic E-state index is -0.734. The lowest BCUT2D eigenvalue weighted by molar-refractivity contribution is -0.387. The van der Waals surface area contributed by atoms with Gasteiger partial charge in [-0.1, -0.05) is 25.1 Å². The van der Waals surface area contributed by atoms with Gasteiger partial charge in [-0.05, 0) is 18.0 Å². The Kier molecular flexibility index (Phi) is 4.81. The van der Waals surface area contributed by atoms with Crippen LogP contribution < -0.4 is 0 Å². The number of nitro groups is 1. The predicted molar refractivity (Wildman–Crippen MR) is 77.2 cm³/mol. The average molecular weight is 294 g/mol. The normalized spacial score (nSPS) is 10.9. The summed E-state index contributed by atoms with van der Waals surface area (Å²) >= 11 is 1.65. The van der Waals surface area contributed by atoms with Gasteiger partial charge in [-0.15, -0.1) is 11.3 Å². The first kappa shape index (κ1) is 14.6. The summed E-state index contributed by atoms with van der Waals surface area (Å²) in [6.07, 6.45) is 0. The van der Waals surface area contributed by atoms with E-state index < -0.39 is 16.4 Å². The maximum absolute atomic E-state index is 14.0. The van der Waals surface area contributed by atoms with Gasteiger partial charge in [0.2, 0.25) is 5.82 Å². The standard InChI is InChI=1S/C14H15FN2O2S/c1-2-16(10-12-6-4-8-20-12)9-11-5-3-7-13(14(11)15)17(18)19/h3-8H,2,9-10H2,1H3. The highest BCUT2D eigenvalue weighted by atomic mass is 32.1. The van der Waals surface area contributed by atoms with Crippen LogP contribution in [0.4, 0.5) is 10.1 Å². The fraction of sp³-hybridized carbons (Fsp3) is 0.286. The molecule has 4 nitrogen and oxygen atoms in total. The Hall–Kier alpha value is -1.79. The summed E-state index contributed by atoms with van der Waals surface area (Å²) in [4.78, 5) is 13.3. The number of thiophene rings is 1. The molecule has 0 aliphatic rings. The molecule has 0 amide bonds. The van der Waals surface area contributed by atoms with Crippen molar-refractivity contribution in [2.75, 3.05) is 6.54 Å². The third-order valence-corrected chi connectivity index (χ3v) is 3.92. The minimum Gasteiger partial charge on any atom is -0.294 e. The maximum atomic E-state index is 14.0. The number of nitrogens with zero attached hydrogens (tertiary/aromatic N) is 2. The first-order valence-corrected chi connectivity index (χ1v) is 7.16. The number of hydrogen-bond acceptors (Lipinski definition) is 4. The molecule has 1 heterocycles. The number of hydrogen-bond donors (Lipinski definition) is 0. The zero-order valence-corrected chi connectivity index (χ0v) is 11.9. The Morgan fingerprint density at radius 3 is 2.70 bits per heavy atom. The Labute approximate surface area is 120 Å². The summed E-state index contributed by atoms with van der Waals surface area (Å²) in [5, 5.41) is 12.7. The van der Waals surface area contributed by atoms with Crippen LogP contribution >= 0.6 is 11.3 Å². The molecule has 0 fully saturated rings. The zero-order valence-electron chi connectivity index (χ0n) is 11.1. The second-order valence-corrected chi connectivity index (χ2v) is 5.42. The monoisotopic (exact) mass is 294 g/mol. The Morgan fingerprint density at radius 1 is 1.30 bits per heavy atom. The largest absolute Gasteiger partial charge is 0.305 e. The molecule has 2 aromatic rings. The molecule has 0 saturated carbocycles. The van der Waals surface area contributed by atoms with E-state index in [0.717, 1.165) is 13.1 Å². The third-order valence-electron chi connectivity index (χ3n) is 3.06. The molecule has 20 heavy (non-hydrogen) atoms. The average Bonchev–Trinajstić information content (AvgIpc) is 2.92. The van der Waals surface area contributed by atoms with Crippen LogP contribution in [0.5, 0.6) is 0 Å². The van der Waals surface area contributed by atoms with Crippen molar-refractivity contribution in [2.24, 2.45) is 0 Å². The van der Waals surface area contributed by atoms with Gasteiger partial charge in [0, 0.05) is 29.6 Å². The first-order chi connectivity index (χ1) is 9.61. The molecule has 6 heteroatoms. The molecule has 106 valence electrons. The van der Waals surface area contributed by atoms with Crippen LogP contribution in [-0.4, -0.2) is 16.4 Å². The molecular formula is C14H15FN2O2S. The topological polar surface area (TPSA) is 46.4 Å². The molecule has 1 aromatic carbocycles. The predicted octanol–water partition coefficient (Wildman–Crippen LogP) is 3.82. The van der Waals surface area contributed by atoms with Gasteiger partial charge < -0.3 is 0 Å². The van der Waals surface area contributed by atoms with E-state index in [2.05, 4.69) is 0 Å². The van der Waals surface area contributed by atoms with Crippen LogP contribution in [0, 0.1) is 15.9 Å². The smallest absolute Gasteiger partial charge is 0.294 e. The Bertz CT molecular complexity index is 587. The van der Waals surface area contributed by atoms with Crippen LogP contribution in [0.3, 0.4) is 0 Å². The van der Waals surface area contributed by atoms with Crippen LogP contribution in [-0.2, 0) is 13.1 Å². The van der Waals surface area contributed by atoms with Crippen LogP contribution in [0.1, 0.15) is 17.4 Å². The molecule has 0 radical (unpaired) electrons. The van der Waals surface area contributed by atoms with E-state index in [0.29, 0.717) is 12.1 Å². The van der Waals surface area contributed by atoms with Crippen molar-refractivity contribution in [1.29, 1.82) is 0 Å². The van der Waals surface area contributed by atoms with Crippen LogP contribution in [0.25, 0.3) is 0 Å². The van der Waals surface area contributed by atoms with Crippen molar-refractivity contribution in [3.05, 3.63) is 62.1 Å². The zero-order chi connectivity index (χ0) is 14.5. The van der Waals surface area contributed by atoms with E-state index in [-0.39, 0.29) is 0 Å². The van der Waals surface area contributed by atoms with Crippen molar-refractivity contribution >= 4 is 17.0 Å². The molecule has 0 aliphatic carbocycles. The van der Waals surface area contributed by atoms with E-state index in [4.69, 9.17) is 0 Å². The summed E-state index contributed by atoms with van der Waals surface area (Å²) in [7, 11) is 0. The van der Waals surface area contributed by atoms with Crippen molar-refractivity contribution in [2.45, 2.75) is 20.0 Å². The highest BCUT2D eigenvalue weighted by molar-refractivity contribution is 7.09. The molecule has 0 bridgehead atoms. The van der Waals surface area contributed by atoms with Crippen molar-refractivity contribution in [3.63, 3.8) is 0 Å². The molecule has 1 aromatic heterocycles. The van der Waals surface area contributed by atoms with E-state index in [1.165, 1.54) is 17.0 Å². The van der Waals surface area contributed by atoms with Gasteiger partial charge >= 0.3 is 5.69 Å². The maximum Gasteiger partial charge on any atom is 0.305 e. The lowest BCUT2D eigenvalue weighted by Crippen LogP contribution is -2.22. The fourth-order valence-corrected chi connectivity index (χ4v) is 2.72. The summed E-state index contributed by atoms with van der Waals surface area (Å²) < 4.78 is 14.0. The molecule has 0 spiro atoms. The van der Waals surface area contributed by atoms with E-state index >= 15 is 0 Å². The van der Waals surface area contributed by atoms with Gasteiger partial charge in [-0.2, -0.15) is 4.39 Å². The second kappa shape index (κ2) is 6.58. The summed E-state index contributed by atoms with van der Waals surface area (Å²) in [6.45, 7) is 3.82. The highest BCUT2D eigenvalue weighted by Crippen LogP contribution is 2.22. The molecule has 2 rings (SSSR count). The molecule has 0 saturated heterocycles. The van der Waals surface area contributed by atoms with Crippen LogP contribution in [0.2, 0.25) is 0 Å². The molecule has 0 N–H and O–H groups in total. The summed E-state index contributed by atoms with van der Waals surface area (Å²) in [5.74, 6) is -0.734. The highest BCUT2D eigenvalue weighted by Gasteiger charge is 2.18. The molecule has 0 atom stereocenters. The van der Waals surface area contributed by atoms with Crippen molar-refractivity contribution in [3.8, 4) is 0 Å². The second-order valence-electron chi connectivity index (χ2n) is 4.39. The minimum absolute atomic E-state index is 0.359. The first-order valence-electron chi connectivity index (χ1n) is 6.28. The molecule has 0 unspecified atom stereocenters. The van der Waals surface area contributed by atoms with Crippen molar-refractivity contribution in [1.82, 2.24) is 4.90 Å². The quantitative estimate of drug-likeness (QED) is 0.601. The number of benzene rings is 1. The van der Waals surface area contributed by atoms with Gasteiger partial charge in [0.15, 0.2) is 0 Å². The van der Waals surface area contributed by atoms with E-state index in [9.17, 15) is 14.5 Å². The number of rotatable bonds is 6. The van der Waals surface area contributed by atoms with E-state index in [1.54, 1.807) is 17.4 Å². The van der Waals surface area contributed by atoms with Gasteiger partial charge in [-0.3, -0.25) is 15.0 Å². The molecular weight excluding hydrogens is 279 g/mol. The number of halogens is 1. The number of nitro benzene ring substituents is 1. The Balaban J connectivity index is 2.15. The fourth-order valence-electron chi connectivity index (χ4n) is 1.97. The molecule has 0 aliphatic heterocycles. The lowest BCUT2D eigenvalue weighted by atomic mass is 10.1. The Morgan fingerprint density at radius 2 is 2.10 bits per heavy atom. The van der Waals surface area contributed by atoms with Gasteiger partial charge in [0.05, 0.1) is 4.92 Å². The lowest BCUT2D eigenvalue weighted by Gasteiger charge is -2.19. The summed E-state index contributed by atoms with van der Waals surface area (Å²) in [5.41, 5.74) is -0.104. The van der Waals surface area contributed by atoms with Gasteiger partial charge in [0.25, 0.3) is 0 Å². The van der Waals surface area contributed by atoms with E-state index in [1.807, 2.05) is 29.3 Å². The third kappa shape index (κ3) is 3.40. The van der Waals surface area contributed by atoms with Crippen molar-refractivity contribution < 1.29 is 9.31 Å². The van der Waals surface area contributed by atoms with Gasteiger partial charge in [-0.25, -0.2) is 0 Å². The van der Waals surface area contributed by atoms with Gasteiger partial charge in [0.1, 0.15) is 0 Å².